The van der Waals surface area contributed by atoms with E-state index in [9.17, 15) is 0 Å². The first kappa shape index (κ1) is 12.9. The van der Waals surface area contributed by atoms with Gasteiger partial charge in [-0.15, -0.1) is 12.4 Å². The van der Waals surface area contributed by atoms with E-state index >= 15 is 0 Å². The third kappa shape index (κ3) is 11.1. The molecule has 0 amide bonds. The third-order valence-electron chi connectivity index (χ3n) is 0.902. The lowest BCUT2D eigenvalue weighted by molar-refractivity contribution is 0.0886. The second-order valence-corrected chi connectivity index (χ2v) is 3.33. The second-order valence-electron chi connectivity index (χ2n) is 3.33. The fraction of sp³-hybridized carbons (Fsp3) is 1.00. The zero-order valence-electron chi connectivity index (χ0n) is 7.39. The Labute approximate surface area is 70.6 Å². The predicted molar refractivity (Wildman–Crippen MR) is 47.7 cm³/mol. The molecule has 0 aromatic carbocycles. The molecule has 2 heteroatoms. The highest BCUT2D eigenvalue weighted by atomic mass is 35.5. The molecule has 0 aromatic rings. The van der Waals surface area contributed by atoms with Gasteiger partial charge in [-0.05, 0) is 11.8 Å². The van der Waals surface area contributed by atoms with Gasteiger partial charge in [0, 0.05) is 13.2 Å². The second kappa shape index (κ2) is 7.36. The maximum atomic E-state index is 5.36. The molecule has 0 rings (SSSR count). The van der Waals surface area contributed by atoms with Crippen molar-refractivity contribution in [1.82, 2.24) is 0 Å². The van der Waals surface area contributed by atoms with E-state index in [0.717, 1.165) is 13.2 Å². The normalized spacial score (nSPS) is 10.2. The van der Waals surface area contributed by atoms with Crippen LogP contribution in [0.3, 0.4) is 0 Å². The number of hydrogen-bond acceptors (Lipinski definition) is 1. The molecule has 0 radical (unpaired) electrons. The van der Waals surface area contributed by atoms with Crippen LogP contribution in [0.2, 0.25) is 0 Å². The monoisotopic (exact) mass is 166 g/mol. The molecule has 0 unspecified atom stereocenters. The molecule has 0 aromatic heterocycles. The van der Waals surface area contributed by atoms with Crippen molar-refractivity contribution < 1.29 is 4.74 Å². The highest BCUT2D eigenvalue weighted by Crippen LogP contribution is 1.96. The molecule has 0 N–H and O–H groups in total. The van der Waals surface area contributed by atoms with Gasteiger partial charge in [-0.1, -0.05) is 27.7 Å². The lowest BCUT2D eigenvalue weighted by Gasteiger charge is -2.07. The minimum atomic E-state index is 0. The van der Waals surface area contributed by atoms with Crippen molar-refractivity contribution in [2.45, 2.75) is 27.7 Å². The van der Waals surface area contributed by atoms with Gasteiger partial charge in [0.2, 0.25) is 0 Å². The van der Waals surface area contributed by atoms with Crippen molar-refractivity contribution in [3.8, 4) is 0 Å². The molecule has 64 valence electrons. The molecule has 1 nitrogen and oxygen atoms in total. The van der Waals surface area contributed by atoms with Crippen LogP contribution in [-0.4, -0.2) is 13.2 Å². The Morgan fingerprint density at radius 2 is 1.20 bits per heavy atom. The lowest BCUT2D eigenvalue weighted by Crippen LogP contribution is -2.06. The highest BCUT2D eigenvalue weighted by molar-refractivity contribution is 5.85. The minimum absolute atomic E-state index is 0. The summed E-state index contributed by atoms with van der Waals surface area (Å²) in [4.78, 5) is 0. The SMILES string of the molecule is CC(C)COCC(C)C.Cl. The van der Waals surface area contributed by atoms with Crippen LogP contribution in [0.25, 0.3) is 0 Å². The molecule has 0 heterocycles. The van der Waals surface area contributed by atoms with Gasteiger partial charge in [0.05, 0.1) is 0 Å². The summed E-state index contributed by atoms with van der Waals surface area (Å²) in [6, 6.07) is 0. The zero-order chi connectivity index (χ0) is 7.28. The van der Waals surface area contributed by atoms with E-state index in [2.05, 4.69) is 27.7 Å². The van der Waals surface area contributed by atoms with Crippen LogP contribution in [0.1, 0.15) is 27.7 Å². The first-order chi connectivity index (χ1) is 4.13. The largest absolute Gasteiger partial charge is 0.381 e. The Balaban J connectivity index is 0. The summed E-state index contributed by atoms with van der Waals surface area (Å²) in [5, 5.41) is 0. The molecule has 0 saturated carbocycles. The fourth-order valence-corrected chi connectivity index (χ4v) is 0.539. The van der Waals surface area contributed by atoms with Crippen molar-refractivity contribution in [2.75, 3.05) is 13.2 Å². The van der Waals surface area contributed by atoms with Gasteiger partial charge in [-0.3, -0.25) is 0 Å². The van der Waals surface area contributed by atoms with Crippen LogP contribution in [0.4, 0.5) is 0 Å². The van der Waals surface area contributed by atoms with Gasteiger partial charge in [0.1, 0.15) is 0 Å². The average Bonchev–Trinajstić information content (AvgIpc) is 1.63. The van der Waals surface area contributed by atoms with E-state index in [1.165, 1.54) is 0 Å². The van der Waals surface area contributed by atoms with Crippen LogP contribution in [0, 0.1) is 11.8 Å². The van der Waals surface area contributed by atoms with Gasteiger partial charge in [-0.25, -0.2) is 0 Å². The average molecular weight is 167 g/mol. The summed E-state index contributed by atoms with van der Waals surface area (Å²) in [5.41, 5.74) is 0. The van der Waals surface area contributed by atoms with E-state index in [-0.39, 0.29) is 12.4 Å². The molecule has 10 heavy (non-hydrogen) atoms. The quantitative estimate of drug-likeness (QED) is 0.624. The number of rotatable bonds is 4. The molecule has 0 atom stereocenters. The smallest absolute Gasteiger partial charge is 0.0489 e. The van der Waals surface area contributed by atoms with Crippen molar-refractivity contribution in [3.05, 3.63) is 0 Å². The Kier molecular flexibility index (Phi) is 9.48. The van der Waals surface area contributed by atoms with Crippen LogP contribution in [-0.2, 0) is 4.74 Å². The molecule has 0 aliphatic heterocycles. The molecular formula is C8H19ClO. The Morgan fingerprint density at radius 3 is 1.40 bits per heavy atom. The zero-order valence-corrected chi connectivity index (χ0v) is 8.20. The summed E-state index contributed by atoms with van der Waals surface area (Å²) < 4.78 is 5.36. The van der Waals surface area contributed by atoms with E-state index in [1.54, 1.807) is 0 Å². The summed E-state index contributed by atoms with van der Waals surface area (Å²) >= 11 is 0. The van der Waals surface area contributed by atoms with E-state index in [1.807, 2.05) is 0 Å². The van der Waals surface area contributed by atoms with Crippen LogP contribution >= 0.6 is 12.4 Å². The topological polar surface area (TPSA) is 9.23 Å². The summed E-state index contributed by atoms with van der Waals surface area (Å²) in [7, 11) is 0. The van der Waals surface area contributed by atoms with Crippen molar-refractivity contribution in [1.29, 1.82) is 0 Å². The van der Waals surface area contributed by atoms with Crippen molar-refractivity contribution in [3.63, 3.8) is 0 Å². The lowest BCUT2D eigenvalue weighted by atomic mass is 10.2. The van der Waals surface area contributed by atoms with Gasteiger partial charge < -0.3 is 4.74 Å². The van der Waals surface area contributed by atoms with E-state index < -0.39 is 0 Å². The summed E-state index contributed by atoms with van der Waals surface area (Å²) in [6.45, 7) is 10.5. The molecule has 0 bridgehead atoms. The maximum Gasteiger partial charge on any atom is 0.0489 e. The van der Waals surface area contributed by atoms with Crippen LogP contribution in [0.15, 0.2) is 0 Å². The first-order valence-electron chi connectivity index (χ1n) is 3.70. The Bertz CT molecular complexity index is 54.3. The third-order valence-corrected chi connectivity index (χ3v) is 0.902. The van der Waals surface area contributed by atoms with Crippen molar-refractivity contribution in [2.24, 2.45) is 11.8 Å². The number of ether oxygens (including phenoxy) is 1. The molecule has 0 aliphatic carbocycles. The maximum absolute atomic E-state index is 5.36. The molecule has 0 spiro atoms. The molecule has 0 saturated heterocycles. The van der Waals surface area contributed by atoms with Crippen molar-refractivity contribution >= 4 is 12.4 Å². The highest BCUT2D eigenvalue weighted by Gasteiger charge is 1.95. The summed E-state index contributed by atoms with van der Waals surface area (Å²) in [6.07, 6.45) is 0. The van der Waals surface area contributed by atoms with Gasteiger partial charge in [0.15, 0.2) is 0 Å². The minimum Gasteiger partial charge on any atom is -0.381 e. The van der Waals surface area contributed by atoms with Gasteiger partial charge in [0.25, 0.3) is 0 Å². The van der Waals surface area contributed by atoms with Gasteiger partial charge in [-0.2, -0.15) is 0 Å². The van der Waals surface area contributed by atoms with Gasteiger partial charge >= 0.3 is 0 Å². The van der Waals surface area contributed by atoms with Crippen LogP contribution in [0.5, 0.6) is 0 Å². The Morgan fingerprint density at radius 1 is 0.900 bits per heavy atom. The number of hydrogen-bond donors (Lipinski definition) is 0. The predicted octanol–water partition coefficient (Wildman–Crippen LogP) is 2.74. The van der Waals surface area contributed by atoms with Crippen LogP contribution < -0.4 is 0 Å². The standard InChI is InChI=1S/C8H18O.ClH/c1-7(2)5-9-6-8(3)4;/h7-8H,5-6H2,1-4H3;1H. The summed E-state index contributed by atoms with van der Waals surface area (Å²) in [5.74, 6) is 1.34. The Hall–Kier alpha value is 0.250. The molecule has 0 fully saturated rings. The first-order valence-corrected chi connectivity index (χ1v) is 3.70. The number of halogens is 1. The fourth-order valence-electron chi connectivity index (χ4n) is 0.539. The molecule has 0 aliphatic rings. The van der Waals surface area contributed by atoms with E-state index in [4.69, 9.17) is 4.74 Å². The molecular weight excluding hydrogens is 148 g/mol. The van der Waals surface area contributed by atoms with E-state index in [0.29, 0.717) is 11.8 Å².